The monoisotopic (exact) mass is 285 g/mol. The molecule has 2 aromatic rings. The molecule has 1 aromatic heterocycles. The van der Waals surface area contributed by atoms with E-state index in [1.54, 1.807) is 7.11 Å². The highest BCUT2D eigenvalue weighted by Crippen LogP contribution is 2.27. The minimum absolute atomic E-state index is 0.817. The first kappa shape index (κ1) is 14.3. The number of hydrogen-bond acceptors (Lipinski definition) is 4. The first-order chi connectivity index (χ1) is 10.3. The summed E-state index contributed by atoms with van der Waals surface area (Å²) < 4.78 is 5.17. The predicted molar refractivity (Wildman–Crippen MR) is 87.0 cm³/mol. The van der Waals surface area contributed by atoms with Gasteiger partial charge in [-0.15, -0.1) is 0 Å². The number of rotatable bonds is 4. The van der Waals surface area contributed by atoms with Gasteiger partial charge in [-0.25, -0.2) is 0 Å². The van der Waals surface area contributed by atoms with Crippen LogP contribution in [0.25, 0.3) is 10.9 Å². The molecule has 0 N–H and O–H groups in total. The number of fused-ring (bicyclic) bond motifs is 1. The van der Waals surface area contributed by atoms with E-state index < -0.39 is 0 Å². The van der Waals surface area contributed by atoms with Crippen molar-refractivity contribution in [2.75, 3.05) is 51.3 Å². The number of pyridine rings is 1. The van der Waals surface area contributed by atoms with Gasteiger partial charge in [0, 0.05) is 56.6 Å². The molecule has 2 heterocycles. The lowest BCUT2D eigenvalue weighted by Gasteiger charge is -2.36. The van der Waals surface area contributed by atoms with Crippen LogP contribution in [0.5, 0.6) is 0 Å². The smallest absolute Gasteiger partial charge is 0.0726 e. The van der Waals surface area contributed by atoms with Gasteiger partial charge in [0.15, 0.2) is 0 Å². The van der Waals surface area contributed by atoms with Gasteiger partial charge in [0.1, 0.15) is 0 Å². The zero-order chi connectivity index (χ0) is 14.7. The van der Waals surface area contributed by atoms with E-state index in [2.05, 4.69) is 52.0 Å². The van der Waals surface area contributed by atoms with Gasteiger partial charge in [0.25, 0.3) is 0 Å². The van der Waals surface area contributed by atoms with E-state index in [0.717, 1.165) is 50.5 Å². The van der Waals surface area contributed by atoms with Gasteiger partial charge in [-0.3, -0.25) is 9.88 Å². The maximum Gasteiger partial charge on any atom is 0.0726 e. The molecule has 3 rings (SSSR count). The summed E-state index contributed by atoms with van der Waals surface area (Å²) in [4.78, 5) is 9.59. The van der Waals surface area contributed by atoms with E-state index in [0.29, 0.717) is 0 Å². The Morgan fingerprint density at radius 3 is 2.67 bits per heavy atom. The highest BCUT2D eigenvalue weighted by Gasteiger charge is 2.18. The number of aromatic nitrogens is 1. The average Bonchev–Trinajstić information content (AvgIpc) is 2.52. The fraction of sp³-hybridized carbons (Fsp3) is 0.471. The van der Waals surface area contributed by atoms with Crippen LogP contribution in [0.15, 0.2) is 30.3 Å². The minimum atomic E-state index is 0.817. The van der Waals surface area contributed by atoms with Crippen LogP contribution in [0.3, 0.4) is 0 Å². The number of benzene rings is 1. The van der Waals surface area contributed by atoms with Crippen molar-refractivity contribution in [3.05, 3.63) is 36.0 Å². The number of para-hydroxylation sites is 1. The molecular formula is C17H23N3O. The second kappa shape index (κ2) is 6.41. The fourth-order valence-electron chi connectivity index (χ4n) is 2.98. The van der Waals surface area contributed by atoms with Gasteiger partial charge in [-0.1, -0.05) is 18.2 Å². The lowest BCUT2D eigenvalue weighted by molar-refractivity contribution is 0.144. The van der Waals surface area contributed by atoms with Gasteiger partial charge in [-0.05, 0) is 19.1 Å². The molecule has 0 amide bonds. The molecule has 0 radical (unpaired) electrons. The van der Waals surface area contributed by atoms with Gasteiger partial charge >= 0.3 is 0 Å². The van der Waals surface area contributed by atoms with Crippen LogP contribution in [-0.4, -0.2) is 56.3 Å². The van der Waals surface area contributed by atoms with Crippen molar-refractivity contribution in [3.63, 3.8) is 0 Å². The van der Waals surface area contributed by atoms with Crippen LogP contribution >= 0.6 is 0 Å². The summed E-state index contributed by atoms with van der Waals surface area (Å²) in [5.74, 6) is 0. The van der Waals surface area contributed by atoms with Gasteiger partial charge < -0.3 is 9.64 Å². The van der Waals surface area contributed by atoms with E-state index in [4.69, 9.17) is 4.74 Å². The Balaban J connectivity index is 1.79. The molecule has 1 fully saturated rings. The Hall–Kier alpha value is -1.65. The zero-order valence-electron chi connectivity index (χ0n) is 12.9. The number of methoxy groups -OCH3 is 1. The standard InChI is InChI=1S/C17H23N3O/c1-14-13-17(15-5-3-4-6-16(15)18-14)20-9-7-19(8-10-20)11-12-21-2/h3-6,13H,7-12H2,1-2H3. The van der Waals surface area contributed by atoms with Crippen molar-refractivity contribution in [2.45, 2.75) is 6.92 Å². The summed E-state index contributed by atoms with van der Waals surface area (Å²) in [5, 5.41) is 1.26. The molecule has 1 aromatic carbocycles. The average molecular weight is 285 g/mol. The molecule has 0 bridgehead atoms. The van der Waals surface area contributed by atoms with Crippen LogP contribution < -0.4 is 4.90 Å². The van der Waals surface area contributed by atoms with E-state index >= 15 is 0 Å². The van der Waals surface area contributed by atoms with Crippen LogP contribution in [0.1, 0.15) is 5.69 Å². The molecule has 4 heteroatoms. The first-order valence-corrected chi connectivity index (χ1v) is 7.60. The molecule has 4 nitrogen and oxygen atoms in total. The van der Waals surface area contributed by atoms with Crippen LogP contribution in [0, 0.1) is 6.92 Å². The third-order valence-electron chi connectivity index (χ3n) is 4.15. The van der Waals surface area contributed by atoms with E-state index in [-0.39, 0.29) is 0 Å². The lowest BCUT2D eigenvalue weighted by Crippen LogP contribution is -2.47. The quantitative estimate of drug-likeness (QED) is 0.862. The Bertz CT molecular complexity index is 606. The molecule has 0 saturated carbocycles. The molecule has 0 unspecified atom stereocenters. The minimum Gasteiger partial charge on any atom is -0.383 e. The lowest BCUT2D eigenvalue weighted by atomic mass is 10.1. The summed E-state index contributed by atoms with van der Waals surface area (Å²) >= 11 is 0. The summed E-state index contributed by atoms with van der Waals surface area (Å²) in [7, 11) is 1.77. The van der Waals surface area contributed by atoms with Crippen molar-refractivity contribution in [1.29, 1.82) is 0 Å². The fourth-order valence-corrected chi connectivity index (χ4v) is 2.98. The third-order valence-corrected chi connectivity index (χ3v) is 4.15. The second-order valence-electron chi connectivity index (χ2n) is 5.62. The molecular weight excluding hydrogens is 262 g/mol. The Morgan fingerprint density at radius 1 is 1.14 bits per heavy atom. The molecule has 0 spiro atoms. The Morgan fingerprint density at radius 2 is 1.90 bits per heavy atom. The summed E-state index contributed by atoms with van der Waals surface area (Å²) in [5.41, 5.74) is 3.50. The second-order valence-corrected chi connectivity index (χ2v) is 5.62. The number of ether oxygens (including phenoxy) is 1. The van der Waals surface area contributed by atoms with Crippen LogP contribution in [-0.2, 0) is 4.74 Å². The number of aryl methyl sites for hydroxylation is 1. The Labute approximate surface area is 126 Å². The summed E-state index contributed by atoms with van der Waals surface area (Å²) in [6.45, 7) is 8.25. The van der Waals surface area contributed by atoms with Gasteiger partial charge in [0.2, 0.25) is 0 Å². The number of anilines is 1. The van der Waals surface area contributed by atoms with Crippen LogP contribution in [0.4, 0.5) is 5.69 Å². The number of hydrogen-bond donors (Lipinski definition) is 0. The topological polar surface area (TPSA) is 28.6 Å². The summed E-state index contributed by atoms with van der Waals surface area (Å²) in [6.07, 6.45) is 0. The largest absolute Gasteiger partial charge is 0.383 e. The molecule has 1 saturated heterocycles. The molecule has 1 aliphatic rings. The highest BCUT2D eigenvalue weighted by atomic mass is 16.5. The number of piperazine rings is 1. The summed E-state index contributed by atoms with van der Waals surface area (Å²) in [6, 6.07) is 10.6. The molecule has 0 aliphatic carbocycles. The maximum absolute atomic E-state index is 5.17. The predicted octanol–water partition coefficient (Wildman–Crippen LogP) is 2.31. The highest BCUT2D eigenvalue weighted by molar-refractivity contribution is 5.92. The molecule has 112 valence electrons. The van der Waals surface area contributed by atoms with E-state index in [9.17, 15) is 0 Å². The molecule has 0 atom stereocenters. The molecule has 1 aliphatic heterocycles. The van der Waals surface area contributed by atoms with Crippen molar-refractivity contribution in [2.24, 2.45) is 0 Å². The normalized spacial score (nSPS) is 16.6. The van der Waals surface area contributed by atoms with Gasteiger partial charge in [0.05, 0.1) is 12.1 Å². The SMILES string of the molecule is COCCN1CCN(c2cc(C)nc3ccccc23)CC1. The van der Waals surface area contributed by atoms with Crippen molar-refractivity contribution in [1.82, 2.24) is 9.88 Å². The molecule has 21 heavy (non-hydrogen) atoms. The van der Waals surface area contributed by atoms with Crippen LogP contribution in [0.2, 0.25) is 0 Å². The Kier molecular flexibility index (Phi) is 4.36. The van der Waals surface area contributed by atoms with Crippen molar-refractivity contribution in [3.8, 4) is 0 Å². The third kappa shape index (κ3) is 3.17. The maximum atomic E-state index is 5.17. The number of nitrogens with zero attached hydrogens (tertiary/aromatic N) is 3. The van der Waals surface area contributed by atoms with E-state index in [1.165, 1.54) is 11.1 Å². The first-order valence-electron chi connectivity index (χ1n) is 7.60. The zero-order valence-corrected chi connectivity index (χ0v) is 12.9. The van der Waals surface area contributed by atoms with E-state index in [1.807, 2.05) is 0 Å². The van der Waals surface area contributed by atoms with Crippen molar-refractivity contribution >= 4 is 16.6 Å². The van der Waals surface area contributed by atoms with Gasteiger partial charge in [-0.2, -0.15) is 0 Å². The van der Waals surface area contributed by atoms with Crippen molar-refractivity contribution < 1.29 is 4.74 Å².